The van der Waals surface area contributed by atoms with Crippen molar-refractivity contribution in [3.63, 3.8) is 0 Å². The van der Waals surface area contributed by atoms with Crippen LogP contribution in [0, 0.1) is 26.7 Å². The van der Waals surface area contributed by atoms with Gasteiger partial charge in [-0.25, -0.2) is 0 Å². The third-order valence-corrected chi connectivity index (χ3v) is 8.08. The Bertz CT molecular complexity index is 1500. The van der Waals surface area contributed by atoms with E-state index < -0.39 is 17.9 Å². The van der Waals surface area contributed by atoms with E-state index in [1.54, 1.807) is 25.4 Å². The van der Waals surface area contributed by atoms with Crippen molar-refractivity contribution in [3.05, 3.63) is 87.3 Å². The number of aromatic nitrogens is 3. The minimum Gasteiger partial charge on any atom is -0.496 e. The predicted molar refractivity (Wildman–Crippen MR) is 145 cm³/mol. The molecule has 0 spiro atoms. The average Bonchev–Trinajstić information content (AvgIpc) is 3.37. The molecule has 0 bridgehead atoms. The van der Waals surface area contributed by atoms with Crippen LogP contribution >= 0.6 is 11.3 Å². The second-order valence-electron chi connectivity index (χ2n) is 9.20. The number of para-hydroxylation sites is 1. The van der Waals surface area contributed by atoms with Crippen LogP contribution < -0.4 is 10.1 Å². The maximum Gasteiger partial charge on any atom is 0.308 e. The van der Waals surface area contributed by atoms with Gasteiger partial charge in [-0.2, -0.15) is 0 Å². The van der Waals surface area contributed by atoms with E-state index in [4.69, 9.17) is 9.73 Å². The third-order valence-electron chi connectivity index (χ3n) is 6.89. The average molecular weight is 516 g/mol. The van der Waals surface area contributed by atoms with Crippen molar-refractivity contribution in [2.75, 3.05) is 12.4 Å². The van der Waals surface area contributed by atoms with Crippen molar-refractivity contribution < 1.29 is 14.6 Å². The van der Waals surface area contributed by atoms with E-state index in [0.29, 0.717) is 18.2 Å². The molecular formula is C28H29N5O3S. The van der Waals surface area contributed by atoms with Crippen LogP contribution in [0.4, 0.5) is 5.69 Å². The number of methoxy groups -OCH3 is 1. The molecule has 1 aliphatic heterocycles. The summed E-state index contributed by atoms with van der Waals surface area (Å²) in [5.41, 5.74) is 5.85. The van der Waals surface area contributed by atoms with Crippen molar-refractivity contribution in [2.45, 2.75) is 40.3 Å². The van der Waals surface area contributed by atoms with E-state index in [2.05, 4.69) is 29.4 Å². The van der Waals surface area contributed by atoms with E-state index in [1.165, 1.54) is 4.88 Å². The summed E-state index contributed by atoms with van der Waals surface area (Å²) in [6.45, 7) is 8.37. The number of thiophene rings is 1. The number of carboxylic acid groups (broad SMARTS) is 1. The van der Waals surface area contributed by atoms with Gasteiger partial charge in [0.1, 0.15) is 22.6 Å². The third kappa shape index (κ3) is 4.40. The zero-order valence-corrected chi connectivity index (χ0v) is 22.3. The van der Waals surface area contributed by atoms with Crippen LogP contribution in [-0.2, 0) is 11.3 Å². The molecule has 0 fully saturated rings. The molecule has 190 valence electrons. The van der Waals surface area contributed by atoms with Gasteiger partial charge in [-0.1, -0.05) is 30.3 Å². The summed E-state index contributed by atoms with van der Waals surface area (Å²) in [6.07, 6.45) is 0. The van der Waals surface area contributed by atoms with E-state index in [9.17, 15) is 9.90 Å². The Morgan fingerprint density at radius 3 is 2.57 bits per heavy atom. The van der Waals surface area contributed by atoms with Gasteiger partial charge in [0.2, 0.25) is 0 Å². The Balaban J connectivity index is 1.55. The van der Waals surface area contributed by atoms with Gasteiger partial charge in [0, 0.05) is 33.8 Å². The van der Waals surface area contributed by atoms with Gasteiger partial charge in [0.05, 0.1) is 18.7 Å². The number of aliphatic imine (C=N–C) groups is 1. The molecule has 2 N–H and O–H groups in total. The van der Waals surface area contributed by atoms with Crippen LogP contribution in [0.25, 0.3) is 5.00 Å². The minimum atomic E-state index is -0.922. The van der Waals surface area contributed by atoms with Crippen LogP contribution in [0.2, 0.25) is 0 Å². The molecule has 5 rings (SSSR count). The first-order valence-corrected chi connectivity index (χ1v) is 12.9. The van der Waals surface area contributed by atoms with Crippen LogP contribution in [0.15, 0.2) is 53.5 Å². The summed E-state index contributed by atoms with van der Waals surface area (Å²) in [5.74, 6) is 0.424. The first kappa shape index (κ1) is 24.7. The Morgan fingerprint density at radius 2 is 1.86 bits per heavy atom. The fraction of sp³-hybridized carbons (Fsp3) is 0.286. The van der Waals surface area contributed by atoms with Gasteiger partial charge >= 0.3 is 5.97 Å². The number of aryl methyl sites for hydroxylation is 2. The molecule has 0 aliphatic carbocycles. The van der Waals surface area contributed by atoms with Crippen molar-refractivity contribution in [2.24, 2.45) is 10.9 Å². The number of carbonyl (C=O) groups is 1. The fourth-order valence-electron chi connectivity index (χ4n) is 4.61. The van der Waals surface area contributed by atoms with Gasteiger partial charge in [0.25, 0.3) is 0 Å². The van der Waals surface area contributed by atoms with Gasteiger partial charge in [-0.3, -0.25) is 14.4 Å². The number of ether oxygens (including phenoxy) is 1. The SMILES string of the molecule is COc1ccccc1CNc1ccc(C2=N[C@@H](C(C)C(=O)O)c3nnc(C)n3-c3sc(C)c(C)c32)cc1. The Labute approximate surface area is 219 Å². The first-order valence-electron chi connectivity index (χ1n) is 12.1. The van der Waals surface area contributed by atoms with Gasteiger partial charge in [-0.15, -0.1) is 21.5 Å². The van der Waals surface area contributed by atoms with Crippen molar-refractivity contribution in [1.29, 1.82) is 0 Å². The molecule has 0 radical (unpaired) electrons. The lowest BCUT2D eigenvalue weighted by Gasteiger charge is -2.16. The van der Waals surface area contributed by atoms with Crippen LogP contribution in [0.3, 0.4) is 0 Å². The molecule has 0 saturated heterocycles. The number of carboxylic acids is 1. The van der Waals surface area contributed by atoms with Gasteiger partial charge in [0.15, 0.2) is 5.82 Å². The molecule has 2 aromatic heterocycles. The molecule has 37 heavy (non-hydrogen) atoms. The monoisotopic (exact) mass is 515 g/mol. The number of hydrogen-bond donors (Lipinski definition) is 2. The van der Waals surface area contributed by atoms with E-state index in [0.717, 1.165) is 44.4 Å². The second-order valence-corrected chi connectivity index (χ2v) is 10.4. The zero-order valence-electron chi connectivity index (χ0n) is 21.4. The molecule has 9 heteroatoms. The molecule has 0 saturated carbocycles. The predicted octanol–water partition coefficient (Wildman–Crippen LogP) is 5.49. The summed E-state index contributed by atoms with van der Waals surface area (Å²) >= 11 is 1.66. The number of nitrogens with one attached hydrogen (secondary N) is 1. The van der Waals surface area contributed by atoms with Crippen LogP contribution in [-0.4, -0.2) is 38.7 Å². The smallest absolute Gasteiger partial charge is 0.308 e. The molecule has 3 heterocycles. The number of rotatable bonds is 7. The maximum absolute atomic E-state index is 12.0. The largest absolute Gasteiger partial charge is 0.496 e. The fourth-order valence-corrected chi connectivity index (χ4v) is 5.82. The van der Waals surface area contributed by atoms with Crippen molar-refractivity contribution in [1.82, 2.24) is 14.8 Å². The molecular weight excluding hydrogens is 486 g/mol. The van der Waals surface area contributed by atoms with E-state index >= 15 is 0 Å². The number of aliphatic carboxylic acids is 1. The standard InChI is InChI=1S/C28H29N5O3S/c1-15-17(3)37-27-23(15)25(30-24(16(2)28(34)35)26-32-31-18(4)33(26)27)19-10-12-21(13-11-19)29-14-20-8-6-7-9-22(20)36-5/h6-13,16,24,29H,14H2,1-5H3,(H,34,35)/t16?,24-/m0/s1. The Kier molecular flexibility index (Phi) is 6.55. The second kappa shape index (κ2) is 9.82. The lowest BCUT2D eigenvalue weighted by atomic mass is 9.98. The topological polar surface area (TPSA) is 102 Å². The summed E-state index contributed by atoms with van der Waals surface area (Å²) in [4.78, 5) is 18.3. The highest BCUT2D eigenvalue weighted by atomic mass is 32.1. The lowest BCUT2D eigenvalue weighted by molar-refractivity contribution is -0.141. The summed E-state index contributed by atoms with van der Waals surface area (Å²) in [7, 11) is 1.67. The molecule has 1 aliphatic rings. The highest BCUT2D eigenvalue weighted by molar-refractivity contribution is 7.15. The van der Waals surface area contributed by atoms with E-state index in [-0.39, 0.29) is 0 Å². The normalized spacial score (nSPS) is 15.3. The van der Waals surface area contributed by atoms with Crippen molar-refractivity contribution in [3.8, 4) is 10.8 Å². The molecule has 8 nitrogen and oxygen atoms in total. The highest BCUT2D eigenvalue weighted by Gasteiger charge is 2.36. The number of hydrogen-bond acceptors (Lipinski definition) is 7. The quantitative estimate of drug-likeness (QED) is 0.338. The molecule has 0 amide bonds. The highest BCUT2D eigenvalue weighted by Crippen LogP contribution is 2.40. The summed E-state index contributed by atoms with van der Waals surface area (Å²) in [6, 6.07) is 15.4. The summed E-state index contributed by atoms with van der Waals surface area (Å²) in [5, 5.41) is 23.0. The minimum absolute atomic E-state index is 0.556. The molecule has 2 aromatic carbocycles. The van der Waals surface area contributed by atoms with Gasteiger partial charge < -0.3 is 15.2 Å². The number of benzene rings is 2. The maximum atomic E-state index is 12.0. The van der Waals surface area contributed by atoms with E-state index in [1.807, 2.05) is 60.0 Å². The number of anilines is 1. The van der Waals surface area contributed by atoms with Gasteiger partial charge in [-0.05, 0) is 51.5 Å². The summed E-state index contributed by atoms with van der Waals surface area (Å²) < 4.78 is 7.43. The molecule has 1 unspecified atom stereocenters. The van der Waals surface area contributed by atoms with Crippen LogP contribution in [0.1, 0.15) is 51.7 Å². The number of nitrogens with zero attached hydrogens (tertiary/aromatic N) is 4. The lowest BCUT2D eigenvalue weighted by Crippen LogP contribution is -2.21. The molecule has 4 aromatic rings. The van der Waals surface area contributed by atoms with Crippen molar-refractivity contribution >= 4 is 28.7 Å². The zero-order chi connectivity index (χ0) is 26.3. The molecule has 2 atom stereocenters. The first-order chi connectivity index (χ1) is 17.8. The number of fused-ring (bicyclic) bond motifs is 3. The Morgan fingerprint density at radius 1 is 1.14 bits per heavy atom. The van der Waals surface area contributed by atoms with Crippen LogP contribution in [0.5, 0.6) is 5.75 Å². The Hall–Kier alpha value is -3.98.